The van der Waals surface area contributed by atoms with Gasteiger partial charge < -0.3 is 14.5 Å². The maximum atomic E-state index is 12.4. The molecule has 0 spiro atoms. The molecule has 0 aliphatic heterocycles. The van der Waals surface area contributed by atoms with Crippen LogP contribution in [0.15, 0.2) is 46.9 Å². The van der Waals surface area contributed by atoms with Crippen LogP contribution in [0.4, 0.5) is 5.69 Å². The van der Waals surface area contributed by atoms with Crippen molar-refractivity contribution in [2.45, 2.75) is 25.7 Å². The molecule has 1 N–H and O–H groups in total. The molecule has 0 saturated heterocycles. The topological polar surface area (TPSA) is 51.5 Å². The lowest BCUT2D eigenvalue weighted by atomic mass is 9.96. The Morgan fingerprint density at radius 3 is 2.67 bits per heavy atom. The minimum absolute atomic E-state index is 0.130. The highest BCUT2D eigenvalue weighted by atomic mass is 16.5. The van der Waals surface area contributed by atoms with Gasteiger partial charge >= 0.3 is 0 Å². The van der Waals surface area contributed by atoms with Gasteiger partial charge in [-0.1, -0.05) is 0 Å². The highest BCUT2D eigenvalue weighted by Gasteiger charge is 2.18. The molecule has 0 saturated carbocycles. The first-order valence-electron chi connectivity index (χ1n) is 8.24. The fourth-order valence-electron chi connectivity index (χ4n) is 3.29. The van der Waals surface area contributed by atoms with Gasteiger partial charge in [-0.05, 0) is 61.7 Å². The van der Waals surface area contributed by atoms with Gasteiger partial charge in [0.15, 0.2) is 0 Å². The highest BCUT2D eigenvalue weighted by molar-refractivity contribution is 6.05. The quantitative estimate of drug-likeness (QED) is 0.768. The van der Waals surface area contributed by atoms with Crippen LogP contribution in [0.1, 0.15) is 34.5 Å². The van der Waals surface area contributed by atoms with Crippen molar-refractivity contribution >= 4 is 22.6 Å². The van der Waals surface area contributed by atoms with Gasteiger partial charge in [0.25, 0.3) is 5.91 Å². The third-order valence-electron chi connectivity index (χ3n) is 4.57. The molecule has 0 radical (unpaired) electrons. The molecule has 1 aliphatic carbocycles. The van der Waals surface area contributed by atoms with E-state index >= 15 is 0 Å². The lowest BCUT2D eigenvalue weighted by molar-refractivity contribution is 0.102. The molecule has 0 atom stereocenters. The first kappa shape index (κ1) is 14.8. The van der Waals surface area contributed by atoms with Crippen LogP contribution in [0.3, 0.4) is 0 Å². The molecule has 1 heterocycles. The maximum Gasteiger partial charge on any atom is 0.255 e. The van der Waals surface area contributed by atoms with E-state index in [0.29, 0.717) is 5.56 Å². The number of fused-ring (bicyclic) bond motifs is 3. The number of carbonyl (C=O) groups is 1. The molecule has 0 fully saturated rings. The number of aryl methyl sites for hydroxylation is 2. The Balaban J connectivity index is 1.60. The van der Waals surface area contributed by atoms with Gasteiger partial charge in [-0.15, -0.1) is 0 Å². The van der Waals surface area contributed by atoms with Gasteiger partial charge in [0, 0.05) is 28.6 Å². The second-order valence-electron chi connectivity index (χ2n) is 6.10. The zero-order valence-electron chi connectivity index (χ0n) is 13.6. The van der Waals surface area contributed by atoms with Crippen molar-refractivity contribution in [3.63, 3.8) is 0 Å². The first-order valence-corrected chi connectivity index (χ1v) is 8.24. The SMILES string of the molecule is COc1ccc(C(=O)Nc2ccc3oc4c(c3c2)CCCC4)cc1. The molecule has 0 bridgehead atoms. The van der Waals surface area contributed by atoms with Crippen LogP contribution in [0.5, 0.6) is 5.75 Å². The van der Waals surface area contributed by atoms with Crippen molar-refractivity contribution in [2.75, 3.05) is 12.4 Å². The summed E-state index contributed by atoms with van der Waals surface area (Å²) in [5.41, 5.74) is 3.60. The monoisotopic (exact) mass is 321 g/mol. The fourth-order valence-corrected chi connectivity index (χ4v) is 3.29. The van der Waals surface area contributed by atoms with Crippen LogP contribution in [0.25, 0.3) is 11.0 Å². The van der Waals surface area contributed by atoms with E-state index < -0.39 is 0 Å². The van der Waals surface area contributed by atoms with Crippen LogP contribution >= 0.6 is 0 Å². The summed E-state index contributed by atoms with van der Waals surface area (Å²) in [5, 5.41) is 4.09. The Hall–Kier alpha value is -2.75. The maximum absolute atomic E-state index is 12.4. The molecule has 1 aliphatic rings. The van der Waals surface area contributed by atoms with Crippen LogP contribution in [0.2, 0.25) is 0 Å². The third-order valence-corrected chi connectivity index (χ3v) is 4.57. The molecule has 3 aromatic rings. The van der Waals surface area contributed by atoms with Gasteiger partial charge in [0.05, 0.1) is 7.11 Å². The molecule has 4 nitrogen and oxygen atoms in total. The number of hydrogen-bond donors (Lipinski definition) is 1. The zero-order valence-corrected chi connectivity index (χ0v) is 13.6. The van der Waals surface area contributed by atoms with Gasteiger partial charge in [-0.3, -0.25) is 4.79 Å². The number of nitrogens with one attached hydrogen (secondary N) is 1. The summed E-state index contributed by atoms with van der Waals surface area (Å²) in [7, 11) is 1.61. The van der Waals surface area contributed by atoms with Gasteiger partial charge in [0.1, 0.15) is 17.1 Å². The van der Waals surface area contributed by atoms with Crippen molar-refractivity contribution < 1.29 is 13.9 Å². The van der Waals surface area contributed by atoms with Gasteiger partial charge in [0.2, 0.25) is 0 Å². The number of carbonyl (C=O) groups excluding carboxylic acids is 1. The number of amides is 1. The smallest absolute Gasteiger partial charge is 0.255 e. The number of furan rings is 1. The largest absolute Gasteiger partial charge is 0.497 e. The average molecular weight is 321 g/mol. The van der Waals surface area contributed by atoms with Crippen LogP contribution < -0.4 is 10.1 Å². The van der Waals surface area contributed by atoms with E-state index in [1.165, 1.54) is 18.4 Å². The van der Waals surface area contributed by atoms with Crippen LogP contribution in [0, 0.1) is 0 Å². The number of benzene rings is 2. The second-order valence-corrected chi connectivity index (χ2v) is 6.10. The van der Waals surface area contributed by atoms with E-state index in [9.17, 15) is 4.79 Å². The second kappa shape index (κ2) is 6.04. The van der Waals surface area contributed by atoms with E-state index in [1.54, 1.807) is 31.4 Å². The summed E-state index contributed by atoms with van der Waals surface area (Å²) in [6.07, 6.45) is 4.45. The number of methoxy groups -OCH3 is 1. The van der Waals surface area contributed by atoms with Crippen molar-refractivity contribution in [3.05, 3.63) is 59.4 Å². The average Bonchev–Trinajstić information content (AvgIpc) is 3.00. The van der Waals surface area contributed by atoms with Crippen LogP contribution in [-0.2, 0) is 12.8 Å². The Bertz CT molecular complexity index is 893. The summed E-state index contributed by atoms with van der Waals surface area (Å²) in [4.78, 5) is 12.4. The van der Waals surface area contributed by atoms with Crippen molar-refractivity contribution in [2.24, 2.45) is 0 Å². The van der Waals surface area contributed by atoms with E-state index in [-0.39, 0.29) is 5.91 Å². The molecule has 4 heteroatoms. The fraction of sp³-hybridized carbons (Fsp3) is 0.250. The predicted molar refractivity (Wildman–Crippen MR) is 93.8 cm³/mol. The van der Waals surface area contributed by atoms with E-state index in [4.69, 9.17) is 9.15 Å². The molecular weight excluding hydrogens is 302 g/mol. The number of ether oxygens (including phenoxy) is 1. The summed E-state index contributed by atoms with van der Waals surface area (Å²) < 4.78 is 11.1. The highest BCUT2D eigenvalue weighted by Crippen LogP contribution is 2.33. The summed E-state index contributed by atoms with van der Waals surface area (Å²) in [6.45, 7) is 0. The third kappa shape index (κ3) is 2.64. The number of rotatable bonds is 3. The molecule has 2 aromatic carbocycles. The normalized spacial score (nSPS) is 13.5. The molecular formula is C20H19NO3. The standard InChI is InChI=1S/C20H19NO3/c1-23-15-9-6-13(7-10-15)20(22)21-14-8-11-19-17(12-14)16-4-2-3-5-18(16)24-19/h6-12H,2-5H2,1H3,(H,21,22). The van der Waals surface area contributed by atoms with Gasteiger partial charge in [-0.25, -0.2) is 0 Å². The molecule has 122 valence electrons. The Kier molecular flexibility index (Phi) is 3.73. The number of hydrogen-bond acceptors (Lipinski definition) is 3. The Morgan fingerprint density at radius 2 is 1.88 bits per heavy atom. The van der Waals surface area contributed by atoms with Gasteiger partial charge in [-0.2, -0.15) is 0 Å². The first-order chi connectivity index (χ1) is 11.7. The predicted octanol–water partition coefficient (Wildman–Crippen LogP) is 4.57. The molecule has 0 unspecified atom stereocenters. The molecule has 4 rings (SSSR count). The molecule has 24 heavy (non-hydrogen) atoms. The summed E-state index contributed by atoms with van der Waals surface area (Å²) in [5.74, 6) is 1.71. The van der Waals surface area contributed by atoms with Crippen molar-refractivity contribution in [1.29, 1.82) is 0 Å². The lowest BCUT2D eigenvalue weighted by Crippen LogP contribution is -2.11. The van der Waals surface area contributed by atoms with E-state index in [0.717, 1.165) is 41.0 Å². The lowest BCUT2D eigenvalue weighted by Gasteiger charge is -2.09. The number of anilines is 1. The molecule has 1 aromatic heterocycles. The summed E-state index contributed by atoms with van der Waals surface area (Å²) in [6, 6.07) is 12.9. The van der Waals surface area contributed by atoms with Crippen molar-refractivity contribution in [1.82, 2.24) is 0 Å². The Morgan fingerprint density at radius 1 is 1.08 bits per heavy atom. The van der Waals surface area contributed by atoms with Crippen LogP contribution in [-0.4, -0.2) is 13.0 Å². The summed E-state index contributed by atoms with van der Waals surface area (Å²) >= 11 is 0. The minimum atomic E-state index is -0.130. The zero-order chi connectivity index (χ0) is 16.5. The minimum Gasteiger partial charge on any atom is -0.497 e. The molecule has 1 amide bonds. The van der Waals surface area contributed by atoms with E-state index in [1.807, 2.05) is 18.2 Å². The van der Waals surface area contributed by atoms with E-state index in [2.05, 4.69) is 5.32 Å². The van der Waals surface area contributed by atoms with Crippen molar-refractivity contribution in [3.8, 4) is 5.75 Å². The Labute approximate surface area is 140 Å².